The Balaban J connectivity index is 1.50. The van der Waals surface area contributed by atoms with Gasteiger partial charge in [0.25, 0.3) is 5.56 Å². The predicted molar refractivity (Wildman–Crippen MR) is 99.4 cm³/mol. The molecule has 0 fully saturated rings. The van der Waals surface area contributed by atoms with E-state index >= 15 is 0 Å². The quantitative estimate of drug-likeness (QED) is 0.579. The van der Waals surface area contributed by atoms with E-state index in [2.05, 4.69) is 20.4 Å². The SMILES string of the molecule is Cn1ncc2c(=O)[nH]c(NCc3cccc(Oc4ccccc4)c3)nc21. The topological polar surface area (TPSA) is 84.8 Å². The zero-order chi connectivity index (χ0) is 17.9. The zero-order valence-electron chi connectivity index (χ0n) is 14.1. The van der Waals surface area contributed by atoms with Gasteiger partial charge in [-0.15, -0.1) is 0 Å². The summed E-state index contributed by atoms with van der Waals surface area (Å²) < 4.78 is 7.41. The number of nitrogens with zero attached hydrogens (tertiary/aromatic N) is 3. The van der Waals surface area contributed by atoms with Gasteiger partial charge < -0.3 is 10.1 Å². The van der Waals surface area contributed by atoms with Gasteiger partial charge in [0.05, 0.1) is 6.20 Å². The molecule has 0 aliphatic rings. The second-order valence-electron chi connectivity index (χ2n) is 5.84. The van der Waals surface area contributed by atoms with Crippen molar-refractivity contribution in [3.63, 3.8) is 0 Å². The molecular weight excluding hydrogens is 330 g/mol. The fourth-order valence-electron chi connectivity index (χ4n) is 2.65. The van der Waals surface area contributed by atoms with E-state index in [0.717, 1.165) is 17.1 Å². The normalized spacial score (nSPS) is 10.8. The highest BCUT2D eigenvalue weighted by atomic mass is 16.5. The minimum absolute atomic E-state index is 0.216. The molecule has 130 valence electrons. The summed E-state index contributed by atoms with van der Waals surface area (Å²) in [5.74, 6) is 1.93. The van der Waals surface area contributed by atoms with E-state index in [1.54, 1.807) is 11.7 Å². The van der Waals surface area contributed by atoms with Crippen molar-refractivity contribution in [3.8, 4) is 11.5 Å². The maximum absolute atomic E-state index is 12.1. The number of H-pyrrole nitrogens is 1. The number of aromatic nitrogens is 4. The van der Waals surface area contributed by atoms with Crippen molar-refractivity contribution in [2.45, 2.75) is 6.54 Å². The Morgan fingerprint density at radius 3 is 2.77 bits per heavy atom. The molecule has 0 saturated heterocycles. The molecule has 0 unspecified atom stereocenters. The number of aromatic amines is 1. The zero-order valence-corrected chi connectivity index (χ0v) is 14.1. The number of hydrogen-bond acceptors (Lipinski definition) is 5. The van der Waals surface area contributed by atoms with E-state index in [1.807, 2.05) is 54.6 Å². The molecule has 0 spiro atoms. The second-order valence-corrected chi connectivity index (χ2v) is 5.84. The number of rotatable bonds is 5. The van der Waals surface area contributed by atoms with Gasteiger partial charge >= 0.3 is 0 Å². The standard InChI is InChI=1S/C19H17N5O2/c1-24-17-16(12-21-24)18(25)23-19(22-17)20-11-13-6-5-9-15(10-13)26-14-7-3-2-4-8-14/h2-10,12H,11H2,1H3,(H2,20,22,23,25). The molecule has 7 heteroatoms. The average Bonchev–Trinajstić information content (AvgIpc) is 3.03. The maximum Gasteiger partial charge on any atom is 0.263 e. The van der Waals surface area contributed by atoms with E-state index < -0.39 is 0 Å². The third kappa shape index (κ3) is 3.27. The lowest BCUT2D eigenvalue weighted by Crippen LogP contribution is -2.13. The number of hydrogen-bond donors (Lipinski definition) is 2. The first-order valence-electron chi connectivity index (χ1n) is 8.17. The first-order chi connectivity index (χ1) is 12.7. The molecule has 2 N–H and O–H groups in total. The summed E-state index contributed by atoms with van der Waals surface area (Å²) in [6.45, 7) is 0.498. The van der Waals surface area contributed by atoms with Crippen LogP contribution in [0.3, 0.4) is 0 Å². The van der Waals surface area contributed by atoms with E-state index in [0.29, 0.717) is 23.5 Å². The van der Waals surface area contributed by atoms with Crippen LogP contribution in [0.25, 0.3) is 11.0 Å². The van der Waals surface area contributed by atoms with E-state index in [9.17, 15) is 4.79 Å². The smallest absolute Gasteiger partial charge is 0.263 e. The molecule has 2 aromatic carbocycles. The molecule has 2 heterocycles. The van der Waals surface area contributed by atoms with Crippen LogP contribution < -0.4 is 15.6 Å². The predicted octanol–water partition coefficient (Wildman–Crippen LogP) is 3.06. The molecule has 0 radical (unpaired) electrons. The molecule has 4 rings (SSSR count). The maximum atomic E-state index is 12.1. The molecule has 0 atom stereocenters. The number of anilines is 1. The van der Waals surface area contributed by atoms with Crippen molar-refractivity contribution in [2.24, 2.45) is 7.05 Å². The fraction of sp³-hybridized carbons (Fsp3) is 0.105. The van der Waals surface area contributed by atoms with Crippen molar-refractivity contribution in [1.82, 2.24) is 19.7 Å². The molecule has 7 nitrogen and oxygen atoms in total. The molecule has 26 heavy (non-hydrogen) atoms. The Labute approximate surface area is 149 Å². The molecule has 4 aromatic rings. The number of fused-ring (bicyclic) bond motifs is 1. The largest absolute Gasteiger partial charge is 0.457 e. The summed E-state index contributed by atoms with van der Waals surface area (Å²) in [7, 11) is 1.75. The molecule has 0 bridgehead atoms. The van der Waals surface area contributed by atoms with Crippen LogP contribution in [-0.2, 0) is 13.6 Å². The van der Waals surface area contributed by atoms with Crippen LogP contribution in [0.1, 0.15) is 5.56 Å². The summed E-state index contributed by atoms with van der Waals surface area (Å²) in [5.41, 5.74) is 1.33. The van der Waals surface area contributed by atoms with Crippen molar-refractivity contribution in [2.75, 3.05) is 5.32 Å². The van der Waals surface area contributed by atoms with Gasteiger partial charge in [-0.25, -0.2) is 0 Å². The van der Waals surface area contributed by atoms with Gasteiger partial charge in [0.1, 0.15) is 16.9 Å². The van der Waals surface area contributed by atoms with Crippen molar-refractivity contribution in [1.29, 1.82) is 0 Å². The first kappa shape index (κ1) is 15.9. The van der Waals surface area contributed by atoms with Crippen molar-refractivity contribution < 1.29 is 4.74 Å². The summed E-state index contributed by atoms with van der Waals surface area (Å²) in [5, 5.41) is 7.66. The molecule has 0 aliphatic carbocycles. The van der Waals surface area contributed by atoms with Crippen LogP contribution >= 0.6 is 0 Å². The highest BCUT2D eigenvalue weighted by Crippen LogP contribution is 2.22. The highest BCUT2D eigenvalue weighted by Gasteiger charge is 2.08. The molecule has 0 saturated carbocycles. The monoisotopic (exact) mass is 347 g/mol. The Hall–Kier alpha value is -3.61. The minimum Gasteiger partial charge on any atom is -0.457 e. The third-order valence-corrected chi connectivity index (χ3v) is 3.94. The Morgan fingerprint density at radius 1 is 1.12 bits per heavy atom. The second kappa shape index (κ2) is 6.72. The van der Waals surface area contributed by atoms with Crippen LogP contribution in [0.2, 0.25) is 0 Å². The van der Waals surface area contributed by atoms with Gasteiger partial charge in [-0.1, -0.05) is 30.3 Å². The number of para-hydroxylation sites is 1. The number of aryl methyl sites for hydroxylation is 1. The van der Waals surface area contributed by atoms with Crippen LogP contribution in [0.4, 0.5) is 5.95 Å². The van der Waals surface area contributed by atoms with Crippen molar-refractivity contribution >= 4 is 17.0 Å². The molecular formula is C19H17N5O2. The molecule has 0 aliphatic heterocycles. The van der Waals surface area contributed by atoms with E-state index in [-0.39, 0.29) is 5.56 Å². The molecule has 2 aromatic heterocycles. The van der Waals surface area contributed by atoms with Gasteiger partial charge in [0, 0.05) is 13.6 Å². The summed E-state index contributed by atoms with van der Waals surface area (Å²) >= 11 is 0. The average molecular weight is 347 g/mol. The molecule has 0 amide bonds. The lowest BCUT2D eigenvalue weighted by Gasteiger charge is -2.09. The Bertz CT molecular complexity index is 1100. The Morgan fingerprint density at radius 2 is 1.92 bits per heavy atom. The van der Waals surface area contributed by atoms with Crippen LogP contribution in [0, 0.1) is 0 Å². The summed E-state index contributed by atoms with van der Waals surface area (Å²) in [6, 6.07) is 17.4. The van der Waals surface area contributed by atoms with E-state index in [4.69, 9.17) is 4.74 Å². The summed E-state index contributed by atoms with van der Waals surface area (Å²) in [6.07, 6.45) is 1.51. The fourth-order valence-corrected chi connectivity index (χ4v) is 2.65. The van der Waals surface area contributed by atoms with Crippen LogP contribution in [0.5, 0.6) is 11.5 Å². The number of ether oxygens (including phenoxy) is 1. The van der Waals surface area contributed by atoms with E-state index in [1.165, 1.54) is 6.20 Å². The van der Waals surface area contributed by atoms with Gasteiger partial charge in [0.15, 0.2) is 5.65 Å². The van der Waals surface area contributed by atoms with Gasteiger partial charge in [0.2, 0.25) is 5.95 Å². The van der Waals surface area contributed by atoms with Crippen molar-refractivity contribution in [3.05, 3.63) is 76.7 Å². The van der Waals surface area contributed by atoms with Gasteiger partial charge in [-0.05, 0) is 29.8 Å². The number of benzene rings is 2. The highest BCUT2D eigenvalue weighted by molar-refractivity contribution is 5.74. The number of nitrogens with one attached hydrogen (secondary N) is 2. The third-order valence-electron chi connectivity index (χ3n) is 3.94. The lowest BCUT2D eigenvalue weighted by molar-refractivity contribution is 0.482. The summed E-state index contributed by atoms with van der Waals surface area (Å²) in [4.78, 5) is 19.2. The van der Waals surface area contributed by atoms with Gasteiger partial charge in [-0.3, -0.25) is 14.5 Å². The first-order valence-corrected chi connectivity index (χ1v) is 8.17. The van der Waals surface area contributed by atoms with Crippen LogP contribution in [0.15, 0.2) is 65.6 Å². The lowest BCUT2D eigenvalue weighted by atomic mass is 10.2. The van der Waals surface area contributed by atoms with Gasteiger partial charge in [-0.2, -0.15) is 10.1 Å². The van der Waals surface area contributed by atoms with Crippen LogP contribution in [-0.4, -0.2) is 19.7 Å². The Kier molecular flexibility index (Phi) is 4.10. The minimum atomic E-state index is -0.216.